The normalized spacial score (nSPS) is 17.4. The number of quaternary nitrogens is 1. The molecule has 1 aromatic rings. The molecule has 1 heterocycles. The molecule has 0 unspecified atom stereocenters. The van der Waals surface area contributed by atoms with Gasteiger partial charge in [0.25, 0.3) is 0 Å². The Bertz CT molecular complexity index is 405. The molecule has 4 heteroatoms. The van der Waals surface area contributed by atoms with Crippen molar-refractivity contribution in [2.75, 3.05) is 39.5 Å². The smallest absolute Gasteiger partial charge is 0.161 e. The van der Waals surface area contributed by atoms with Crippen molar-refractivity contribution in [2.45, 2.75) is 32.8 Å². The van der Waals surface area contributed by atoms with Crippen LogP contribution in [0.5, 0.6) is 11.5 Å². The minimum Gasteiger partial charge on any atom is -0.489 e. The molecule has 1 atom stereocenters. The van der Waals surface area contributed by atoms with E-state index < -0.39 is 0 Å². The highest BCUT2D eigenvalue weighted by atomic mass is 16.5. The molecule has 1 N–H and O–H groups in total. The summed E-state index contributed by atoms with van der Waals surface area (Å²) < 4.78 is 17.2. The van der Waals surface area contributed by atoms with Gasteiger partial charge in [0.05, 0.1) is 32.5 Å². The maximum Gasteiger partial charge on any atom is 0.161 e. The molecular weight excluding hydrogens is 266 g/mol. The van der Waals surface area contributed by atoms with Gasteiger partial charge >= 0.3 is 0 Å². The van der Waals surface area contributed by atoms with Crippen LogP contribution < -0.4 is 14.4 Å². The summed E-state index contributed by atoms with van der Waals surface area (Å²) in [6.45, 7) is 10.1. The zero-order valence-electron chi connectivity index (χ0n) is 13.3. The Morgan fingerprint density at radius 3 is 2.62 bits per heavy atom. The third-order valence-electron chi connectivity index (χ3n) is 3.88. The summed E-state index contributed by atoms with van der Waals surface area (Å²) in [4.78, 5) is 1.62. The van der Waals surface area contributed by atoms with Crippen LogP contribution in [0.1, 0.15) is 26.7 Å². The molecule has 0 spiro atoms. The van der Waals surface area contributed by atoms with Gasteiger partial charge in [0.1, 0.15) is 13.1 Å². The maximum atomic E-state index is 5.90. The summed E-state index contributed by atoms with van der Waals surface area (Å²) >= 11 is 0. The number of hydrogen-bond acceptors (Lipinski definition) is 3. The van der Waals surface area contributed by atoms with Crippen molar-refractivity contribution in [1.82, 2.24) is 0 Å². The molecule has 21 heavy (non-hydrogen) atoms. The van der Waals surface area contributed by atoms with Gasteiger partial charge in [-0.25, -0.2) is 0 Å². The van der Waals surface area contributed by atoms with Crippen molar-refractivity contribution < 1.29 is 19.1 Å². The van der Waals surface area contributed by atoms with E-state index in [1.165, 1.54) is 0 Å². The molecule has 1 aromatic carbocycles. The van der Waals surface area contributed by atoms with E-state index in [0.717, 1.165) is 63.8 Å². The largest absolute Gasteiger partial charge is 0.489 e. The molecule has 2 rings (SSSR count). The SMILES string of the molecule is CC[C@@H](C)Oc1ccccc1OCCC[NH+]1CCOCC1. The van der Waals surface area contributed by atoms with Gasteiger partial charge in [-0.05, 0) is 25.5 Å². The fourth-order valence-corrected chi connectivity index (χ4v) is 2.38. The van der Waals surface area contributed by atoms with Gasteiger partial charge in [-0.1, -0.05) is 19.1 Å². The van der Waals surface area contributed by atoms with Gasteiger partial charge in [-0.2, -0.15) is 0 Å². The van der Waals surface area contributed by atoms with Crippen LogP contribution in [0.3, 0.4) is 0 Å². The van der Waals surface area contributed by atoms with E-state index in [1.54, 1.807) is 4.90 Å². The Hall–Kier alpha value is -1.26. The molecule has 1 fully saturated rings. The fourth-order valence-electron chi connectivity index (χ4n) is 2.38. The minimum absolute atomic E-state index is 0.215. The molecule has 0 bridgehead atoms. The Morgan fingerprint density at radius 2 is 1.90 bits per heavy atom. The second kappa shape index (κ2) is 8.90. The molecule has 118 valence electrons. The first-order valence-corrected chi connectivity index (χ1v) is 8.09. The molecule has 0 radical (unpaired) electrons. The number of nitrogens with one attached hydrogen (secondary N) is 1. The summed E-state index contributed by atoms with van der Waals surface area (Å²) in [5.41, 5.74) is 0. The molecule has 1 saturated heterocycles. The molecule has 4 nitrogen and oxygen atoms in total. The molecule has 0 saturated carbocycles. The minimum atomic E-state index is 0.215. The molecule has 1 aliphatic heterocycles. The van der Waals surface area contributed by atoms with Crippen molar-refractivity contribution in [3.63, 3.8) is 0 Å². The standard InChI is InChI=1S/C17H27NO3/c1-3-15(2)21-17-8-5-4-7-16(17)20-12-6-9-18-10-13-19-14-11-18/h4-5,7-8,15H,3,6,9-14H2,1-2H3/p+1/t15-/m1/s1. The highest BCUT2D eigenvalue weighted by Crippen LogP contribution is 2.27. The fraction of sp³-hybridized carbons (Fsp3) is 0.647. The van der Waals surface area contributed by atoms with Crippen molar-refractivity contribution in [3.05, 3.63) is 24.3 Å². The lowest BCUT2D eigenvalue weighted by atomic mass is 10.3. The Morgan fingerprint density at radius 1 is 1.19 bits per heavy atom. The Labute approximate surface area is 128 Å². The third kappa shape index (κ3) is 5.56. The van der Waals surface area contributed by atoms with Gasteiger partial charge in [0.2, 0.25) is 0 Å². The van der Waals surface area contributed by atoms with Crippen molar-refractivity contribution in [2.24, 2.45) is 0 Å². The quantitative estimate of drug-likeness (QED) is 0.738. The first-order chi connectivity index (χ1) is 10.3. The van der Waals surface area contributed by atoms with Crippen LogP contribution in [0.2, 0.25) is 0 Å². The topological polar surface area (TPSA) is 32.1 Å². The van der Waals surface area contributed by atoms with E-state index in [1.807, 2.05) is 24.3 Å². The molecule has 0 aliphatic carbocycles. The van der Waals surface area contributed by atoms with Crippen molar-refractivity contribution >= 4 is 0 Å². The first-order valence-electron chi connectivity index (χ1n) is 8.09. The van der Waals surface area contributed by atoms with E-state index in [2.05, 4.69) is 13.8 Å². The molecule has 0 aromatic heterocycles. The molecule has 0 amide bonds. The number of rotatable bonds is 8. The van der Waals surface area contributed by atoms with Crippen LogP contribution in [0.15, 0.2) is 24.3 Å². The highest BCUT2D eigenvalue weighted by Gasteiger charge is 2.13. The zero-order chi connectivity index (χ0) is 14.9. The summed E-state index contributed by atoms with van der Waals surface area (Å²) in [5.74, 6) is 1.71. The lowest BCUT2D eigenvalue weighted by molar-refractivity contribution is -0.908. The number of hydrogen-bond donors (Lipinski definition) is 1. The second-order valence-corrected chi connectivity index (χ2v) is 5.60. The summed E-state index contributed by atoms with van der Waals surface area (Å²) in [6, 6.07) is 7.95. The van der Waals surface area contributed by atoms with Crippen LogP contribution in [0.4, 0.5) is 0 Å². The van der Waals surface area contributed by atoms with Gasteiger partial charge in [-0.15, -0.1) is 0 Å². The number of para-hydroxylation sites is 2. The van der Waals surface area contributed by atoms with Crippen molar-refractivity contribution in [3.8, 4) is 11.5 Å². The lowest BCUT2D eigenvalue weighted by Gasteiger charge is -2.23. The van der Waals surface area contributed by atoms with Crippen LogP contribution in [-0.4, -0.2) is 45.6 Å². The van der Waals surface area contributed by atoms with Gasteiger partial charge < -0.3 is 19.1 Å². The van der Waals surface area contributed by atoms with E-state index in [4.69, 9.17) is 14.2 Å². The van der Waals surface area contributed by atoms with Crippen LogP contribution >= 0.6 is 0 Å². The zero-order valence-corrected chi connectivity index (χ0v) is 13.3. The molecule has 1 aliphatic rings. The number of ether oxygens (including phenoxy) is 3. The van der Waals surface area contributed by atoms with E-state index >= 15 is 0 Å². The lowest BCUT2D eigenvalue weighted by Crippen LogP contribution is -3.14. The summed E-state index contributed by atoms with van der Waals surface area (Å²) in [6.07, 6.45) is 2.27. The predicted molar refractivity (Wildman–Crippen MR) is 83.3 cm³/mol. The first kappa shape index (κ1) is 16.1. The molecular formula is C17H28NO3+. The van der Waals surface area contributed by atoms with E-state index in [0.29, 0.717) is 0 Å². The highest BCUT2D eigenvalue weighted by molar-refractivity contribution is 5.39. The summed E-state index contributed by atoms with van der Waals surface area (Å²) in [7, 11) is 0. The maximum absolute atomic E-state index is 5.90. The van der Waals surface area contributed by atoms with Crippen LogP contribution in [0, 0.1) is 0 Å². The second-order valence-electron chi connectivity index (χ2n) is 5.60. The van der Waals surface area contributed by atoms with E-state index in [9.17, 15) is 0 Å². The van der Waals surface area contributed by atoms with Crippen LogP contribution in [0.25, 0.3) is 0 Å². The van der Waals surface area contributed by atoms with Crippen LogP contribution in [-0.2, 0) is 4.74 Å². The van der Waals surface area contributed by atoms with Gasteiger partial charge in [-0.3, -0.25) is 0 Å². The number of morpholine rings is 1. The Kier molecular flexibility index (Phi) is 6.83. The summed E-state index contributed by atoms with van der Waals surface area (Å²) in [5, 5.41) is 0. The van der Waals surface area contributed by atoms with E-state index in [-0.39, 0.29) is 6.10 Å². The average Bonchev–Trinajstić information content (AvgIpc) is 2.54. The Balaban J connectivity index is 1.74. The third-order valence-corrected chi connectivity index (χ3v) is 3.88. The average molecular weight is 294 g/mol. The number of benzene rings is 1. The van der Waals surface area contributed by atoms with Gasteiger partial charge in [0.15, 0.2) is 11.5 Å². The predicted octanol–water partition coefficient (Wildman–Crippen LogP) is 1.55. The monoisotopic (exact) mass is 294 g/mol. The van der Waals surface area contributed by atoms with Crippen molar-refractivity contribution in [1.29, 1.82) is 0 Å². The van der Waals surface area contributed by atoms with Gasteiger partial charge in [0, 0.05) is 6.42 Å².